The van der Waals surface area contributed by atoms with E-state index in [9.17, 15) is 4.79 Å². The van der Waals surface area contributed by atoms with Crippen molar-refractivity contribution in [1.29, 1.82) is 0 Å². The zero-order valence-corrected chi connectivity index (χ0v) is 18.9. The van der Waals surface area contributed by atoms with Gasteiger partial charge in [0.05, 0.1) is 0 Å². The van der Waals surface area contributed by atoms with Crippen LogP contribution in [0.4, 0.5) is 17.3 Å². The lowest BCUT2D eigenvalue weighted by atomic mass is 9.95. The molecular weight excluding hydrogens is 400 g/mol. The van der Waals surface area contributed by atoms with Gasteiger partial charge in [-0.1, -0.05) is 19.3 Å². The molecule has 1 aliphatic heterocycles. The van der Waals surface area contributed by atoms with Crippen molar-refractivity contribution in [1.82, 2.24) is 19.9 Å². The van der Waals surface area contributed by atoms with E-state index in [0.29, 0.717) is 18.0 Å². The molecule has 2 fully saturated rings. The van der Waals surface area contributed by atoms with Gasteiger partial charge in [-0.2, -0.15) is 4.98 Å². The van der Waals surface area contributed by atoms with E-state index in [0.717, 1.165) is 42.7 Å². The fraction of sp³-hybridized carbons (Fsp3) is 0.480. The fourth-order valence-electron chi connectivity index (χ4n) is 5.21. The van der Waals surface area contributed by atoms with Crippen LogP contribution in [0.2, 0.25) is 0 Å². The SMILES string of the molecule is CC1CN(c2ccc(Nc3ncc4ccc(=O)n(C5CCCCC5)c4n3)cc2)CC(C)N1. The van der Waals surface area contributed by atoms with Crippen LogP contribution >= 0.6 is 0 Å². The average molecular weight is 433 g/mol. The number of rotatable bonds is 4. The summed E-state index contributed by atoms with van der Waals surface area (Å²) in [5.74, 6) is 0.518. The third kappa shape index (κ3) is 4.35. The minimum atomic E-state index is 0.0258. The number of hydrogen-bond acceptors (Lipinski definition) is 6. The first-order valence-corrected chi connectivity index (χ1v) is 11.8. The molecule has 0 bridgehead atoms. The molecule has 1 aliphatic carbocycles. The van der Waals surface area contributed by atoms with Crippen molar-refractivity contribution in [2.45, 2.75) is 64.1 Å². The maximum Gasteiger partial charge on any atom is 0.252 e. The Labute approximate surface area is 188 Å². The number of benzene rings is 1. The lowest BCUT2D eigenvalue weighted by molar-refractivity contribution is 0.353. The second kappa shape index (κ2) is 8.90. The number of pyridine rings is 1. The maximum atomic E-state index is 12.7. The molecule has 5 rings (SSSR count). The van der Waals surface area contributed by atoms with E-state index in [1.54, 1.807) is 12.3 Å². The molecule has 168 valence electrons. The van der Waals surface area contributed by atoms with E-state index in [4.69, 9.17) is 4.98 Å². The highest BCUT2D eigenvalue weighted by Crippen LogP contribution is 2.29. The zero-order valence-electron chi connectivity index (χ0n) is 18.9. The molecule has 1 aromatic carbocycles. The third-order valence-corrected chi connectivity index (χ3v) is 6.65. The van der Waals surface area contributed by atoms with Crippen molar-refractivity contribution in [3.05, 3.63) is 52.9 Å². The largest absolute Gasteiger partial charge is 0.368 e. The van der Waals surface area contributed by atoms with Crippen molar-refractivity contribution in [3.63, 3.8) is 0 Å². The summed E-state index contributed by atoms with van der Waals surface area (Å²) in [4.78, 5) is 24.4. The topological polar surface area (TPSA) is 75.1 Å². The predicted molar refractivity (Wildman–Crippen MR) is 130 cm³/mol. The van der Waals surface area contributed by atoms with Crippen LogP contribution in [0.3, 0.4) is 0 Å². The molecule has 3 aromatic rings. The monoisotopic (exact) mass is 432 g/mol. The summed E-state index contributed by atoms with van der Waals surface area (Å²) in [5.41, 5.74) is 2.91. The summed E-state index contributed by atoms with van der Waals surface area (Å²) >= 11 is 0. The summed E-state index contributed by atoms with van der Waals surface area (Å²) in [6.45, 7) is 6.46. The first-order chi connectivity index (χ1) is 15.6. The molecule has 0 radical (unpaired) electrons. The van der Waals surface area contributed by atoms with Crippen LogP contribution in [0.1, 0.15) is 52.0 Å². The molecule has 2 aromatic heterocycles. The lowest BCUT2D eigenvalue weighted by Crippen LogP contribution is -2.54. The highest BCUT2D eigenvalue weighted by atomic mass is 16.1. The predicted octanol–water partition coefficient (Wildman–Crippen LogP) is 4.23. The molecule has 2 aliphatic rings. The van der Waals surface area contributed by atoms with Crippen molar-refractivity contribution in [3.8, 4) is 0 Å². The third-order valence-electron chi connectivity index (χ3n) is 6.65. The standard InChI is InChI=1S/C25H32N6O/c1-17-15-30(16-18(2)27-17)21-11-9-20(10-12-21)28-25-26-14-19-8-13-23(32)31(24(19)29-25)22-6-4-3-5-7-22/h8-14,17-18,22,27H,3-7,15-16H2,1-2H3,(H,26,28,29). The Morgan fingerprint density at radius 1 is 0.969 bits per heavy atom. The molecule has 2 atom stereocenters. The number of aromatic nitrogens is 3. The number of fused-ring (bicyclic) bond motifs is 1. The minimum Gasteiger partial charge on any atom is -0.368 e. The van der Waals surface area contributed by atoms with Crippen LogP contribution in [0, 0.1) is 0 Å². The van der Waals surface area contributed by atoms with Gasteiger partial charge < -0.3 is 15.5 Å². The van der Waals surface area contributed by atoms with Crippen molar-refractivity contribution in [2.24, 2.45) is 0 Å². The van der Waals surface area contributed by atoms with Gasteiger partial charge in [0, 0.05) is 60.2 Å². The molecule has 1 saturated heterocycles. The quantitative estimate of drug-likeness (QED) is 0.643. The number of hydrogen-bond donors (Lipinski definition) is 2. The second-order valence-corrected chi connectivity index (χ2v) is 9.35. The summed E-state index contributed by atoms with van der Waals surface area (Å²) in [5, 5.41) is 7.80. The van der Waals surface area contributed by atoms with Gasteiger partial charge in [-0.25, -0.2) is 4.98 Å². The van der Waals surface area contributed by atoms with E-state index in [2.05, 4.69) is 58.6 Å². The highest BCUT2D eigenvalue weighted by molar-refractivity contribution is 5.76. The molecule has 2 N–H and O–H groups in total. The molecule has 7 heteroatoms. The van der Waals surface area contributed by atoms with Gasteiger partial charge in [-0.15, -0.1) is 0 Å². The molecular formula is C25H32N6O. The van der Waals surface area contributed by atoms with E-state index in [1.807, 2.05) is 10.6 Å². The number of nitrogens with zero attached hydrogens (tertiary/aromatic N) is 4. The van der Waals surface area contributed by atoms with Gasteiger partial charge >= 0.3 is 0 Å². The molecule has 7 nitrogen and oxygen atoms in total. The minimum absolute atomic E-state index is 0.0258. The van der Waals surface area contributed by atoms with Gasteiger partial charge in [0.25, 0.3) is 5.56 Å². The lowest BCUT2D eigenvalue weighted by Gasteiger charge is -2.37. The highest BCUT2D eigenvalue weighted by Gasteiger charge is 2.21. The Morgan fingerprint density at radius 3 is 2.41 bits per heavy atom. The number of piperazine rings is 1. The summed E-state index contributed by atoms with van der Waals surface area (Å²) in [7, 11) is 0. The van der Waals surface area contributed by atoms with Crippen LogP contribution < -0.4 is 21.1 Å². The molecule has 2 unspecified atom stereocenters. The Morgan fingerprint density at radius 2 is 1.69 bits per heavy atom. The molecule has 0 amide bonds. The first-order valence-electron chi connectivity index (χ1n) is 11.8. The van der Waals surface area contributed by atoms with E-state index in [-0.39, 0.29) is 11.6 Å². The Kier molecular flexibility index (Phi) is 5.83. The van der Waals surface area contributed by atoms with Crippen LogP contribution in [0.25, 0.3) is 11.0 Å². The van der Waals surface area contributed by atoms with Crippen LogP contribution in [-0.2, 0) is 0 Å². The molecule has 0 spiro atoms. The summed E-state index contributed by atoms with van der Waals surface area (Å²) in [6.07, 6.45) is 7.47. The first kappa shape index (κ1) is 20.9. The summed E-state index contributed by atoms with van der Waals surface area (Å²) < 4.78 is 1.89. The van der Waals surface area contributed by atoms with Gasteiger partial charge in [-0.3, -0.25) is 9.36 Å². The normalized spacial score (nSPS) is 22.2. The maximum absolute atomic E-state index is 12.7. The summed E-state index contributed by atoms with van der Waals surface area (Å²) in [6, 6.07) is 13.1. The van der Waals surface area contributed by atoms with Gasteiger partial charge in [0.15, 0.2) is 0 Å². The van der Waals surface area contributed by atoms with E-state index >= 15 is 0 Å². The van der Waals surface area contributed by atoms with Crippen LogP contribution in [0.5, 0.6) is 0 Å². The van der Waals surface area contributed by atoms with Crippen molar-refractivity contribution >= 4 is 28.4 Å². The van der Waals surface area contributed by atoms with Crippen LogP contribution in [-0.4, -0.2) is 39.7 Å². The smallest absolute Gasteiger partial charge is 0.252 e. The fourth-order valence-corrected chi connectivity index (χ4v) is 5.21. The van der Waals surface area contributed by atoms with Gasteiger partial charge in [-0.05, 0) is 57.0 Å². The van der Waals surface area contributed by atoms with Crippen molar-refractivity contribution in [2.75, 3.05) is 23.3 Å². The number of anilines is 3. The number of nitrogens with one attached hydrogen (secondary N) is 2. The second-order valence-electron chi connectivity index (χ2n) is 9.35. The zero-order chi connectivity index (χ0) is 22.1. The molecule has 1 saturated carbocycles. The van der Waals surface area contributed by atoms with E-state index < -0.39 is 0 Å². The Balaban J connectivity index is 1.39. The molecule has 32 heavy (non-hydrogen) atoms. The Bertz CT molecular complexity index is 1130. The average Bonchev–Trinajstić information content (AvgIpc) is 2.79. The molecule has 3 heterocycles. The van der Waals surface area contributed by atoms with Crippen molar-refractivity contribution < 1.29 is 0 Å². The van der Waals surface area contributed by atoms with E-state index in [1.165, 1.54) is 24.9 Å². The Hall–Kier alpha value is -2.93. The van der Waals surface area contributed by atoms with Crippen LogP contribution in [0.15, 0.2) is 47.4 Å². The van der Waals surface area contributed by atoms with Gasteiger partial charge in [0.1, 0.15) is 5.65 Å². The van der Waals surface area contributed by atoms with Gasteiger partial charge in [0.2, 0.25) is 5.95 Å².